The third kappa shape index (κ3) is 4.67. The van der Waals surface area contributed by atoms with Crippen LogP contribution in [0.3, 0.4) is 0 Å². The van der Waals surface area contributed by atoms with Crippen LogP contribution < -0.4 is 10.6 Å². The van der Waals surface area contributed by atoms with Gasteiger partial charge in [0.15, 0.2) is 0 Å². The van der Waals surface area contributed by atoms with E-state index < -0.39 is 0 Å². The van der Waals surface area contributed by atoms with Gasteiger partial charge in [0, 0.05) is 19.2 Å². The molecule has 0 heterocycles. The van der Waals surface area contributed by atoms with Crippen LogP contribution in [-0.4, -0.2) is 23.7 Å². The predicted molar refractivity (Wildman–Crippen MR) is 79.2 cm³/mol. The third-order valence-corrected chi connectivity index (χ3v) is 4.22. The topological polar surface area (TPSA) is 58.2 Å². The number of hydrogen-bond donors (Lipinski definition) is 2. The summed E-state index contributed by atoms with van der Waals surface area (Å²) in [7, 11) is 1.60. The maximum atomic E-state index is 11.8. The standard InChI is InChI=1S/C14H19BrN2O2/c1-9(2)12(15)14(19)17-8-10-4-6-11(7-5-10)13(18)16-3/h4-7,9,12H,8H2,1-3H3,(H,16,18)(H,17,19). The Morgan fingerprint density at radius 1 is 1.21 bits per heavy atom. The second-order valence-corrected chi connectivity index (χ2v) is 5.63. The fraction of sp³-hybridized carbons (Fsp3) is 0.429. The van der Waals surface area contributed by atoms with E-state index in [0.29, 0.717) is 12.1 Å². The highest BCUT2D eigenvalue weighted by molar-refractivity contribution is 9.10. The third-order valence-electron chi connectivity index (χ3n) is 2.75. The highest BCUT2D eigenvalue weighted by atomic mass is 79.9. The van der Waals surface area contributed by atoms with E-state index in [1.807, 2.05) is 26.0 Å². The number of carbonyl (C=O) groups excluding carboxylic acids is 2. The Morgan fingerprint density at radius 2 is 1.79 bits per heavy atom. The van der Waals surface area contributed by atoms with Gasteiger partial charge in [0.1, 0.15) is 0 Å². The molecule has 5 heteroatoms. The molecule has 0 aromatic heterocycles. The number of halogens is 1. The number of nitrogens with one attached hydrogen (secondary N) is 2. The number of amides is 2. The molecule has 1 rings (SSSR count). The monoisotopic (exact) mass is 326 g/mol. The van der Waals surface area contributed by atoms with Crippen molar-refractivity contribution in [2.75, 3.05) is 7.05 Å². The van der Waals surface area contributed by atoms with Crippen LogP contribution in [0.15, 0.2) is 24.3 Å². The molecule has 19 heavy (non-hydrogen) atoms. The summed E-state index contributed by atoms with van der Waals surface area (Å²) < 4.78 is 0. The molecule has 0 aliphatic rings. The number of carbonyl (C=O) groups is 2. The zero-order valence-corrected chi connectivity index (χ0v) is 13.0. The maximum Gasteiger partial charge on any atom is 0.251 e. The van der Waals surface area contributed by atoms with Gasteiger partial charge in [0.2, 0.25) is 5.91 Å². The van der Waals surface area contributed by atoms with Crippen molar-refractivity contribution in [1.82, 2.24) is 10.6 Å². The molecule has 1 atom stereocenters. The van der Waals surface area contributed by atoms with E-state index in [4.69, 9.17) is 0 Å². The van der Waals surface area contributed by atoms with E-state index in [1.165, 1.54) is 0 Å². The summed E-state index contributed by atoms with van der Waals surface area (Å²) in [5, 5.41) is 5.42. The number of hydrogen-bond acceptors (Lipinski definition) is 2. The van der Waals surface area contributed by atoms with Gasteiger partial charge in [-0.15, -0.1) is 0 Å². The molecule has 0 spiro atoms. The Bertz CT molecular complexity index is 443. The van der Waals surface area contributed by atoms with Crippen molar-refractivity contribution >= 4 is 27.7 Å². The van der Waals surface area contributed by atoms with Crippen LogP contribution >= 0.6 is 15.9 Å². The Hall–Kier alpha value is -1.36. The van der Waals surface area contributed by atoms with E-state index in [2.05, 4.69) is 26.6 Å². The molecule has 0 aliphatic heterocycles. The summed E-state index contributed by atoms with van der Waals surface area (Å²) in [5.74, 6) is 0.108. The minimum absolute atomic E-state index is 0.0228. The molecule has 1 unspecified atom stereocenters. The molecule has 0 saturated carbocycles. The van der Waals surface area contributed by atoms with Gasteiger partial charge >= 0.3 is 0 Å². The van der Waals surface area contributed by atoms with Gasteiger partial charge in [-0.2, -0.15) is 0 Å². The second kappa shape index (κ2) is 7.28. The minimum Gasteiger partial charge on any atom is -0.355 e. The average molecular weight is 327 g/mol. The molecule has 0 radical (unpaired) electrons. The zero-order chi connectivity index (χ0) is 14.4. The summed E-state index contributed by atoms with van der Waals surface area (Å²) in [4.78, 5) is 22.9. The van der Waals surface area contributed by atoms with E-state index in [0.717, 1.165) is 5.56 Å². The second-order valence-electron chi connectivity index (χ2n) is 4.64. The van der Waals surface area contributed by atoms with E-state index in [1.54, 1.807) is 19.2 Å². The van der Waals surface area contributed by atoms with Crippen LogP contribution in [0.1, 0.15) is 29.8 Å². The summed E-state index contributed by atoms with van der Waals surface area (Å²) in [6, 6.07) is 7.16. The van der Waals surface area contributed by atoms with Crippen LogP contribution in [-0.2, 0) is 11.3 Å². The van der Waals surface area contributed by atoms with E-state index in [-0.39, 0.29) is 22.6 Å². The highest BCUT2D eigenvalue weighted by Gasteiger charge is 2.17. The van der Waals surface area contributed by atoms with E-state index in [9.17, 15) is 9.59 Å². The maximum absolute atomic E-state index is 11.8. The molecule has 1 aromatic carbocycles. The fourth-order valence-corrected chi connectivity index (χ4v) is 1.67. The molecule has 0 bridgehead atoms. The van der Waals surface area contributed by atoms with E-state index >= 15 is 0 Å². The molecule has 2 amide bonds. The fourth-order valence-electron chi connectivity index (χ4n) is 1.51. The van der Waals surface area contributed by atoms with Crippen LogP contribution in [0.2, 0.25) is 0 Å². The molecule has 104 valence electrons. The normalized spacial score (nSPS) is 12.1. The van der Waals surface area contributed by atoms with Gasteiger partial charge in [-0.1, -0.05) is 41.9 Å². The largest absolute Gasteiger partial charge is 0.355 e. The van der Waals surface area contributed by atoms with Crippen molar-refractivity contribution in [3.63, 3.8) is 0 Å². The van der Waals surface area contributed by atoms with Gasteiger partial charge in [-0.3, -0.25) is 9.59 Å². The lowest BCUT2D eigenvalue weighted by Crippen LogP contribution is -2.33. The van der Waals surface area contributed by atoms with Crippen molar-refractivity contribution < 1.29 is 9.59 Å². The van der Waals surface area contributed by atoms with Crippen molar-refractivity contribution in [3.05, 3.63) is 35.4 Å². The predicted octanol–water partition coefficient (Wildman–Crippen LogP) is 2.08. The lowest BCUT2D eigenvalue weighted by atomic mass is 10.1. The van der Waals surface area contributed by atoms with Crippen molar-refractivity contribution in [2.45, 2.75) is 25.2 Å². The molecule has 4 nitrogen and oxygen atoms in total. The number of rotatable bonds is 5. The number of alkyl halides is 1. The van der Waals surface area contributed by atoms with Crippen molar-refractivity contribution in [1.29, 1.82) is 0 Å². The molecule has 1 aromatic rings. The van der Waals surface area contributed by atoms with Crippen molar-refractivity contribution in [3.8, 4) is 0 Å². The Labute approximate surface area is 122 Å². The van der Waals surface area contributed by atoms with Gasteiger partial charge in [0.25, 0.3) is 5.91 Å². The molecule has 0 aliphatic carbocycles. The summed E-state index contributed by atoms with van der Waals surface area (Å²) in [5.41, 5.74) is 1.57. The minimum atomic E-state index is -0.183. The first-order chi connectivity index (χ1) is 8.95. The highest BCUT2D eigenvalue weighted by Crippen LogP contribution is 2.12. The van der Waals surface area contributed by atoms with Gasteiger partial charge in [0.05, 0.1) is 4.83 Å². The lowest BCUT2D eigenvalue weighted by Gasteiger charge is -2.13. The quantitative estimate of drug-likeness (QED) is 0.814. The molecule has 0 fully saturated rings. The summed E-state index contributed by atoms with van der Waals surface area (Å²) in [6.07, 6.45) is 0. The molecular weight excluding hydrogens is 308 g/mol. The molecule has 0 saturated heterocycles. The number of benzene rings is 1. The Kier molecular flexibility index (Phi) is 6.02. The first-order valence-corrected chi connectivity index (χ1v) is 7.10. The smallest absolute Gasteiger partial charge is 0.251 e. The van der Waals surface area contributed by atoms with Gasteiger partial charge in [-0.25, -0.2) is 0 Å². The van der Waals surface area contributed by atoms with Crippen LogP contribution in [0.4, 0.5) is 0 Å². The van der Waals surface area contributed by atoms with Crippen LogP contribution in [0.5, 0.6) is 0 Å². The van der Waals surface area contributed by atoms with Crippen molar-refractivity contribution in [2.24, 2.45) is 5.92 Å². The Morgan fingerprint density at radius 3 is 2.26 bits per heavy atom. The van der Waals surface area contributed by atoms with Crippen LogP contribution in [0.25, 0.3) is 0 Å². The first kappa shape index (κ1) is 15.7. The SMILES string of the molecule is CNC(=O)c1ccc(CNC(=O)C(Br)C(C)C)cc1. The lowest BCUT2D eigenvalue weighted by molar-refractivity contribution is -0.121. The average Bonchev–Trinajstić information content (AvgIpc) is 2.43. The summed E-state index contributed by atoms with van der Waals surface area (Å²) >= 11 is 3.36. The zero-order valence-electron chi connectivity index (χ0n) is 11.4. The summed E-state index contributed by atoms with van der Waals surface area (Å²) in [6.45, 7) is 4.43. The van der Waals surface area contributed by atoms with Gasteiger partial charge < -0.3 is 10.6 Å². The van der Waals surface area contributed by atoms with Crippen LogP contribution in [0, 0.1) is 5.92 Å². The Balaban J connectivity index is 2.55. The first-order valence-electron chi connectivity index (χ1n) is 6.18. The molecular formula is C14H19BrN2O2. The molecule has 2 N–H and O–H groups in total. The van der Waals surface area contributed by atoms with Gasteiger partial charge in [-0.05, 0) is 23.6 Å².